The minimum absolute atomic E-state index is 0.0670. The second-order valence-corrected chi connectivity index (χ2v) is 7.91. The summed E-state index contributed by atoms with van der Waals surface area (Å²) >= 11 is 0. The van der Waals surface area contributed by atoms with Gasteiger partial charge in [-0.3, -0.25) is 9.78 Å². The van der Waals surface area contributed by atoms with Crippen LogP contribution in [0, 0.1) is 11.8 Å². The Morgan fingerprint density at radius 1 is 1.27 bits per heavy atom. The van der Waals surface area contributed by atoms with E-state index in [2.05, 4.69) is 34.4 Å². The molecule has 1 amide bonds. The molecular formula is C21H27N3O2. The van der Waals surface area contributed by atoms with Gasteiger partial charge in [-0.05, 0) is 69.4 Å². The van der Waals surface area contributed by atoms with E-state index in [1.54, 1.807) is 0 Å². The molecular weight excluding hydrogens is 326 g/mol. The number of hydrogen-bond acceptors (Lipinski definition) is 4. The first-order valence-corrected chi connectivity index (χ1v) is 9.62. The first-order valence-electron chi connectivity index (χ1n) is 9.62. The lowest BCUT2D eigenvalue weighted by Crippen LogP contribution is -2.45. The minimum Gasteiger partial charge on any atom is -0.393 e. The summed E-state index contributed by atoms with van der Waals surface area (Å²) in [7, 11) is 2.10. The first kappa shape index (κ1) is 17.4. The minimum atomic E-state index is -0.240. The SMILES string of the molecule is CN1CCC(C(=O)N[C@H](c2cnc3ccccc3c2)C2CC(O)C2)CC1. The van der Waals surface area contributed by atoms with Gasteiger partial charge in [0.05, 0.1) is 17.7 Å². The average Bonchev–Trinajstić information content (AvgIpc) is 2.64. The van der Waals surface area contributed by atoms with Gasteiger partial charge in [0.25, 0.3) is 0 Å². The number of aliphatic hydroxyl groups excluding tert-OH is 1. The molecule has 1 aromatic carbocycles. The van der Waals surface area contributed by atoms with Crippen LogP contribution in [0.25, 0.3) is 10.9 Å². The highest BCUT2D eigenvalue weighted by atomic mass is 16.3. The number of piperidine rings is 1. The second-order valence-electron chi connectivity index (χ2n) is 7.91. The van der Waals surface area contributed by atoms with Crippen molar-refractivity contribution < 1.29 is 9.90 Å². The van der Waals surface area contributed by atoms with E-state index in [4.69, 9.17) is 0 Å². The Bertz CT molecular complexity index is 780. The number of fused-ring (bicyclic) bond motifs is 1. The van der Waals surface area contributed by atoms with Gasteiger partial charge < -0.3 is 15.3 Å². The number of nitrogens with zero attached hydrogens (tertiary/aromatic N) is 2. The van der Waals surface area contributed by atoms with Gasteiger partial charge in [0.15, 0.2) is 0 Å². The number of nitrogens with one attached hydrogen (secondary N) is 1. The fourth-order valence-corrected chi connectivity index (χ4v) is 4.18. The Kier molecular flexibility index (Phi) is 4.92. The Hall–Kier alpha value is -1.98. The zero-order chi connectivity index (χ0) is 18.1. The molecule has 0 bridgehead atoms. The van der Waals surface area contributed by atoms with Crippen molar-refractivity contribution in [3.05, 3.63) is 42.1 Å². The maximum atomic E-state index is 12.9. The van der Waals surface area contributed by atoms with Gasteiger partial charge in [0.2, 0.25) is 5.91 Å². The van der Waals surface area contributed by atoms with Gasteiger partial charge in [-0.1, -0.05) is 18.2 Å². The Balaban J connectivity index is 1.54. The highest BCUT2D eigenvalue weighted by molar-refractivity contribution is 5.81. The summed E-state index contributed by atoms with van der Waals surface area (Å²) in [6, 6.07) is 10.1. The van der Waals surface area contributed by atoms with E-state index in [9.17, 15) is 9.90 Å². The van der Waals surface area contributed by atoms with Crippen LogP contribution >= 0.6 is 0 Å². The normalized spacial score (nSPS) is 25.6. The van der Waals surface area contributed by atoms with Gasteiger partial charge in [0, 0.05) is 17.5 Å². The van der Waals surface area contributed by atoms with E-state index in [0.717, 1.165) is 55.2 Å². The monoisotopic (exact) mass is 353 g/mol. The fraction of sp³-hybridized carbons (Fsp3) is 0.524. The van der Waals surface area contributed by atoms with Crippen molar-refractivity contribution in [3.63, 3.8) is 0 Å². The van der Waals surface area contributed by atoms with Crippen molar-refractivity contribution in [1.29, 1.82) is 0 Å². The van der Waals surface area contributed by atoms with Gasteiger partial charge in [-0.15, -0.1) is 0 Å². The molecule has 0 radical (unpaired) electrons. The number of likely N-dealkylation sites (tertiary alicyclic amines) is 1. The average molecular weight is 353 g/mol. The van der Waals surface area contributed by atoms with E-state index in [0.29, 0.717) is 0 Å². The number of aromatic nitrogens is 1. The standard InChI is InChI=1S/C21H27N3O2/c1-24-8-6-14(7-9-24)21(26)23-20(16-11-18(25)12-16)17-10-15-4-2-3-5-19(15)22-13-17/h2-5,10,13-14,16,18,20,25H,6-9,11-12H2,1H3,(H,23,26)/t16?,18?,20-/m0/s1. The van der Waals surface area contributed by atoms with Gasteiger partial charge >= 0.3 is 0 Å². The van der Waals surface area contributed by atoms with Crippen LogP contribution in [-0.2, 0) is 4.79 Å². The van der Waals surface area contributed by atoms with E-state index in [1.165, 1.54) is 0 Å². The molecule has 0 spiro atoms. The molecule has 138 valence electrons. The zero-order valence-electron chi connectivity index (χ0n) is 15.3. The molecule has 2 fully saturated rings. The molecule has 2 heterocycles. The molecule has 4 rings (SSSR count). The third-order valence-corrected chi connectivity index (χ3v) is 5.98. The summed E-state index contributed by atoms with van der Waals surface area (Å²) < 4.78 is 0. The number of rotatable bonds is 4. The Labute approximate surface area is 154 Å². The lowest BCUT2D eigenvalue weighted by molar-refractivity contribution is -0.128. The van der Waals surface area contributed by atoms with E-state index in [1.807, 2.05) is 24.4 Å². The van der Waals surface area contributed by atoms with Crippen LogP contribution in [0.4, 0.5) is 0 Å². The number of carbonyl (C=O) groups is 1. The van der Waals surface area contributed by atoms with Crippen molar-refractivity contribution in [2.75, 3.05) is 20.1 Å². The van der Waals surface area contributed by atoms with Crippen molar-refractivity contribution in [2.45, 2.75) is 37.8 Å². The lowest BCUT2D eigenvalue weighted by atomic mass is 9.75. The van der Waals surface area contributed by atoms with E-state index >= 15 is 0 Å². The number of amides is 1. The molecule has 1 aromatic heterocycles. The highest BCUT2D eigenvalue weighted by Crippen LogP contribution is 2.38. The summed E-state index contributed by atoms with van der Waals surface area (Å²) in [6.45, 7) is 1.95. The van der Waals surface area contributed by atoms with Crippen LogP contribution < -0.4 is 5.32 Å². The van der Waals surface area contributed by atoms with Crippen LogP contribution in [0.3, 0.4) is 0 Å². The molecule has 1 saturated carbocycles. The van der Waals surface area contributed by atoms with Crippen LogP contribution in [0.1, 0.15) is 37.3 Å². The second kappa shape index (κ2) is 7.33. The summed E-state index contributed by atoms with van der Waals surface area (Å²) in [6.07, 6.45) is 4.95. The smallest absolute Gasteiger partial charge is 0.223 e. The van der Waals surface area contributed by atoms with Crippen molar-refractivity contribution >= 4 is 16.8 Å². The van der Waals surface area contributed by atoms with Gasteiger partial charge in [-0.2, -0.15) is 0 Å². The van der Waals surface area contributed by atoms with E-state index in [-0.39, 0.29) is 29.9 Å². The topological polar surface area (TPSA) is 65.5 Å². The molecule has 1 aliphatic carbocycles. The van der Waals surface area contributed by atoms with Crippen LogP contribution in [0.15, 0.2) is 36.5 Å². The number of aliphatic hydroxyl groups is 1. The lowest BCUT2D eigenvalue weighted by Gasteiger charge is -2.39. The zero-order valence-corrected chi connectivity index (χ0v) is 15.3. The molecule has 5 heteroatoms. The van der Waals surface area contributed by atoms with Crippen LogP contribution in [-0.4, -0.2) is 47.1 Å². The van der Waals surface area contributed by atoms with E-state index < -0.39 is 0 Å². The first-order chi connectivity index (χ1) is 12.6. The number of benzene rings is 1. The van der Waals surface area contributed by atoms with Crippen LogP contribution in [0.2, 0.25) is 0 Å². The van der Waals surface area contributed by atoms with Crippen molar-refractivity contribution in [3.8, 4) is 0 Å². The highest BCUT2D eigenvalue weighted by Gasteiger charge is 2.37. The summed E-state index contributed by atoms with van der Waals surface area (Å²) in [5, 5.41) is 14.1. The van der Waals surface area contributed by atoms with Gasteiger partial charge in [-0.25, -0.2) is 0 Å². The predicted octanol–water partition coefficient (Wildman–Crippen LogP) is 2.50. The maximum absolute atomic E-state index is 12.9. The number of pyridine rings is 1. The number of para-hydroxylation sites is 1. The molecule has 1 aliphatic heterocycles. The molecule has 2 aromatic rings. The third kappa shape index (κ3) is 3.60. The number of hydrogen-bond donors (Lipinski definition) is 2. The maximum Gasteiger partial charge on any atom is 0.223 e. The third-order valence-electron chi connectivity index (χ3n) is 5.98. The largest absolute Gasteiger partial charge is 0.393 e. The fourth-order valence-electron chi connectivity index (χ4n) is 4.18. The predicted molar refractivity (Wildman–Crippen MR) is 102 cm³/mol. The molecule has 2 aliphatic rings. The van der Waals surface area contributed by atoms with Crippen molar-refractivity contribution in [1.82, 2.24) is 15.2 Å². The summed E-state index contributed by atoms with van der Waals surface area (Å²) in [5.74, 6) is 0.521. The number of carbonyl (C=O) groups excluding carboxylic acids is 1. The molecule has 2 N–H and O–H groups in total. The molecule has 1 atom stereocenters. The quantitative estimate of drug-likeness (QED) is 0.886. The summed E-state index contributed by atoms with van der Waals surface area (Å²) in [4.78, 5) is 19.7. The molecule has 5 nitrogen and oxygen atoms in total. The Morgan fingerprint density at radius 3 is 2.73 bits per heavy atom. The Morgan fingerprint density at radius 2 is 2.00 bits per heavy atom. The van der Waals surface area contributed by atoms with Crippen LogP contribution in [0.5, 0.6) is 0 Å². The molecule has 0 unspecified atom stereocenters. The summed E-state index contributed by atoms with van der Waals surface area (Å²) in [5.41, 5.74) is 2.01. The van der Waals surface area contributed by atoms with Gasteiger partial charge in [0.1, 0.15) is 0 Å². The van der Waals surface area contributed by atoms with Crippen molar-refractivity contribution in [2.24, 2.45) is 11.8 Å². The molecule has 1 saturated heterocycles. The molecule has 26 heavy (non-hydrogen) atoms.